The van der Waals surface area contributed by atoms with Gasteiger partial charge in [-0.25, -0.2) is 9.67 Å². The molecule has 1 aromatic carbocycles. The third-order valence-corrected chi connectivity index (χ3v) is 3.67. The topological polar surface area (TPSA) is 60.2 Å². The minimum absolute atomic E-state index is 0.0443. The number of nitrogens with zero attached hydrogens (tertiary/aromatic N) is 4. The van der Waals surface area contributed by atoms with Crippen LogP contribution in [0.1, 0.15) is 24.2 Å². The lowest BCUT2D eigenvalue weighted by Gasteiger charge is -2.36. The first-order chi connectivity index (χ1) is 10.1. The van der Waals surface area contributed by atoms with Crippen LogP contribution in [0.5, 0.6) is 0 Å². The zero-order valence-corrected chi connectivity index (χ0v) is 12.1. The van der Waals surface area contributed by atoms with Gasteiger partial charge < -0.3 is 9.64 Å². The Kier molecular flexibility index (Phi) is 3.70. The molecule has 0 spiro atoms. The van der Waals surface area contributed by atoms with Gasteiger partial charge in [0.05, 0.1) is 24.4 Å². The highest BCUT2D eigenvalue weighted by molar-refractivity contribution is 5.94. The molecule has 0 aliphatic carbocycles. The van der Waals surface area contributed by atoms with Crippen LogP contribution in [0.4, 0.5) is 0 Å². The number of hydrogen-bond acceptors (Lipinski definition) is 4. The number of carbonyl (C=O) groups excluding carboxylic acids is 1. The van der Waals surface area contributed by atoms with E-state index in [4.69, 9.17) is 4.74 Å². The summed E-state index contributed by atoms with van der Waals surface area (Å²) in [6.07, 6.45) is 3.19. The fourth-order valence-corrected chi connectivity index (χ4v) is 2.45. The molecule has 2 heterocycles. The minimum Gasteiger partial charge on any atom is -0.375 e. The van der Waals surface area contributed by atoms with E-state index in [-0.39, 0.29) is 18.1 Å². The third-order valence-electron chi connectivity index (χ3n) is 3.67. The second kappa shape index (κ2) is 5.65. The van der Waals surface area contributed by atoms with Crippen molar-refractivity contribution in [3.8, 4) is 5.69 Å². The Morgan fingerprint density at radius 3 is 2.71 bits per heavy atom. The quantitative estimate of drug-likeness (QED) is 0.839. The average molecular weight is 286 g/mol. The van der Waals surface area contributed by atoms with E-state index in [0.717, 1.165) is 5.69 Å². The van der Waals surface area contributed by atoms with Gasteiger partial charge in [0.25, 0.3) is 5.91 Å². The van der Waals surface area contributed by atoms with Crippen molar-refractivity contribution in [3.05, 3.63) is 42.5 Å². The molecule has 6 heteroatoms. The Labute approximate surface area is 123 Å². The standard InChI is InChI=1S/C15H18N4O2/c1-11-8-21-12(2)7-18(11)15(20)13-3-5-14(6-4-13)19-10-16-9-17-19/h3-6,9-12H,7-8H2,1-2H3. The van der Waals surface area contributed by atoms with Crippen molar-refractivity contribution >= 4 is 5.91 Å². The minimum atomic E-state index is 0.0443. The highest BCUT2D eigenvalue weighted by atomic mass is 16.5. The molecule has 2 aromatic rings. The van der Waals surface area contributed by atoms with Gasteiger partial charge in [0.15, 0.2) is 0 Å². The van der Waals surface area contributed by atoms with E-state index in [1.165, 1.54) is 6.33 Å². The molecule has 21 heavy (non-hydrogen) atoms. The van der Waals surface area contributed by atoms with E-state index in [0.29, 0.717) is 18.7 Å². The third kappa shape index (κ3) is 2.80. The lowest BCUT2D eigenvalue weighted by atomic mass is 10.1. The van der Waals surface area contributed by atoms with E-state index in [1.54, 1.807) is 11.0 Å². The monoisotopic (exact) mass is 286 g/mol. The number of ether oxygens (including phenoxy) is 1. The van der Waals surface area contributed by atoms with E-state index in [2.05, 4.69) is 10.1 Å². The smallest absolute Gasteiger partial charge is 0.254 e. The van der Waals surface area contributed by atoms with Crippen molar-refractivity contribution < 1.29 is 9.53 Å². The number of benzene rings is 1. The summed E-state index contributed by atoms with van der Waals surface area (Å²) in [5, 5.41) is 4.07. The fraction of sp³-hybridized carbons (Fsp3) is 0.400. The van der Waals surface area contributed by atoms with Crippen LogP contribution in [-0.4, -0.2) is 50.9 Å². The average Bonchev–Trinajstić information content (AvgIpc) is 3.03. The molecule has 2 atom stereocenters. The summed E-state index contributed by atoms with van der Waals surface area (Å²) in [6.45, 7) is 5.21. The number of aromatic nitrogens is 3. The van der Waals surface area contributed by atoms with E-state index < -0.39 is 0 Å². The number of carbonyl (C=O) groups is 1. The molecule has 2 unspecified atom stereocenters. The summed E-state index contributed by atoms with van der Waals surface area (Å²) in [7, 11) is 0. The van der Waals surface area contributed by atoms with Crippen LogP contribution in [-0.2, 0) is 4.74 Å². The van der Waals surface area contributed by atoms with E-state index in [9.17, 15) is 4.79 Å². The lowest BCUT2D eigenvalue weighted by Crippen LogP contribution is -2.50. The predicted molar refractivity (Wildman–Crippen MR) is 77.3 cm³/mol. The molecule has 0 bridgehead atoms. The summed E-state index contributed by atoms with van der Waals surface area (Å²) < 4.78 is 7.22. The van der Waals surface area contributed by atoms with Gasteiger partial charge in [0, 0.05) is 12.1 Å². The Morgan fingerprint density at radius 2 is 2.05 bits per heavy atom. The number of rotatable bonds is 2. The van der Waals surface area contributed by atoms with E-state index >= 15 is 0 Å². The zero-order valence-electron chi connectivity index (χ0n) is 12.1. The second-order valence-electron chi connectivity index (χ2n) is 5.34. The van der Waals surface area contributed by atoms with Gasteiger partial charge in [-0.05, 0) is 38.1 Å². The maximum absolute atomic E-state index is 12.6. The first-order valence-corrected chi connectivity index (χ1v) is 7.03. The SMILES string of the molecule is CC1CN(C(=O)c2ccc(-n3cncn3)cc2)C(C)CO1. The van der Waals surface area contributed by atoms with Gasteiger partial charge in [-0.3, -0.25) is 4.79 Å². The largest absolute Gasteiger partial charge is 0.375 e. The van der Waals surface area contributed by atoms with Crippen LogP contribution in [0.2, 0.25) is 0 Å². The molecule has 1 fully saturated rings. The van der Waals surface area contributed by atoms with Gasteiger partial charge >= 0.3 is 0 Å². The summed E-state index contributed by atoms with van der Waals surface area (Å²) in [6, 6.07) is 7.49. The molecule has 0 saturated carbocycles. The summed E-state index contributed by atoms with van der Waals surface area (Å²) >= 11 is 0. The Morgan fingerprint density at radius 1 is 1.29 bits per heavy atom. The maximum Gasteiger partial charge on any atom is 0.254 e. The van der Waals surface area contributed by atoms with Crippen LogP contribution in [0.3, 0.4) is 0 Å². The first kappa shape index (κ1) is 13.8. The molecular weight excluding hydrogens is 268 g/mol. The highest BCUT2D eigenvalue weighted by Crippen LogP contribution is 2.16. The van der Waals surface area contributed by atoms with Crippen LogP contribution in [0.15, 0.2) is 36.9 Å². The summed E-state index contributed by atoms with van der Waals surface area (Å²) in [5.41, 5.74) is 1.56. The van der Waals surface area contributed by atoms with Gasteiger partial charge in [0.2, 0.25) is 0 Å². The van der Waals surface area contributed by atoms with Crippen LogP contribution in [0, 0.1) is 0 Å². The van der Waals surface area contributed by atoms with Gasteiger partial charge in [0.1, 0.15) is 12.7 Å². The molecule has 0 radical (unpaired) electrons. The van der Waals surface area contributed by atoms with Crippen molar-refractivity contribution in [3.63, 3.8) is 0 Å². The lowest BCUT2D eigenvalue weighted by molar-refractivity contribution is -0.0387. The molecule has 110 valence electrons. The molecule has 1 aliphatic rings. The Hall–Kier alpha value is -2.21. The van der Waals surface area contributed by atoms with Crippen molar-refractivity contribution in [1.29, 1.82) is 0 Å². The van der Waals surface area contributed by atoms with Crippen molar-refractivity contribution in [1.82, 2.24) is 19.7 Å². The van der Waals surface area contributed by atoms with Crippen molar-refractivity contribution in [2.24, 2.45) is 0 Å². The molecule has 0 N–H and O–H groups in total. The van der Waals surface area contributed by atoms with Crippen molar-refractivity contribution in [2.45, 2.75) is 26.0 Å². The van der Waals surface area contributed by atoms with E-state index in [1.807, 2.05) is 43.0 Å². The van der Waals surface area contributed by atoms with Crippen LogP contribution in [0.25, 0.3) is 5.69 Å². The molecule has 6 nitrogen and oxygen atoms in total. The Bertz CT molecular complexity index is 609. The van der Waals surface area contributed by atoms with Crippen molar-refractivity contribution in [2.75, 3.05) is 13.2 Å². The van der Waals surface area contributed by atoms with Crippen LogP contribution >= 0.6 is 0 Å². The van der Waals surface area contributed by atoms with Gasteiger partial charge in [-0.15, -0.1) is 0 Å². The maximum atomic E-state index is 12.6. The normalized spacial score (nSPS) is 22.3. The molecule has 1 saturated heterocycles. The number of amides is 1. The van der Waals surface area contributed by atoms with Crippen LogP contribution < -0.4 is 0 Å². The zero-order chi connectivity index (χ0) is 14.8. The number of morpholine rings is 1. The van der Waals surface area contributed by atoms with Gasteiger partial charge in [-0.1, -0.05) is 0 Å². The summed E-state index contributed by atoms with van der Waals surface area (Å²) in [5.74, 6) is 0.0443. The predicted octanol–water partition coefficient (Wildman–Crippen LogP) is 1.52. The molecule has 3 rings (SSSR count). The summed E-state index contributed by atoms with van der Waals surface area (Å²) in [4.78, 5) is 18.4. The second-order valence-corrected chi connectivity index (χ2v) is 5.34. The first-order valence-electron chi connectivity index (χ1n) is 7.03. The molecular formula is C15H18N4O2. The molecule has 1 amide bonds. The Balaban J connectivity index is 1.78. The molecule has 1 aliphatic heterocycles. The fourth-order valence-electron chi connectivity index (χ4n) is 2.45. The highest BCUT2D eigenvalue weighted by Gasteiger charge is 2.28. The molecule has 1 aromatic heterocycles. The number of hydrogen-bond donors (Lipinski definition) is 0. The van der Waals surface area contributed by atoms with Gasteiger partial charge in [-0.2, -0.15) is 5.10 Å².